The smallest absolute Gasteiger partial charge is 0.237 e. The largest absolute Gasteiger partial charge is 0.346 e. The number of nitrogens with one attached hydrogen (secondary N) is 2. The zero-order valence-electron chi connectivity index (χ0n) is 10.6. The monoisotopic (exact) mass is 252 g/mol. The highest BCUT2D eigenvalue weighted by Crippen LogP contribution is 2.24. The van der Waals surface area contributed by atoms with Crippen LogP contribution < -0.4 is 10.6 Å². The molecular formula is C13H20N2OS. The highest BCUT2D eigenvalue weighted by molar-refractivity contribution is 7.12. The van der Waals surface area contributed by atoms with Crippen molar-refractivity contribution in [2.45, 2.75) is 39.3 Å². The lowest BCUT2D eigenvalue weighted by Gasteiger charge is -2.30. The van der Waals surface area contributed by atoms with Gasteiger partial charge < -0.3 is 10.6 Å². The van der Waals surface area contributed by atoms with E-state index in [0.29, 0.717) is 5.92 Å². The Morgan fingerprint density at radius 3 is 2.76 bits per heavy atom. The minimum atomic E-state index is -0.0210. The third-order valence-electron chi connectivity index (χ3n) is 3.01. The lowest BCUT2D eigenvalue weighted by Crippen LogP contribution is -2.54. The first-order valence-corrected chi connectivity index (χ1v) is 6.98. The van der Waals surface area contributed by atoms with Gasteiger partial charge in [-0.1, -0.05) is 13.8 Å². The SMILES string of the molecule is Cc1ccc([C@@H]2CN[C@@H](CC(C)C)C(=O)N2)s1. The molecule has 1 aliphatic rings. The number of carbonyl (C=O) groups is 1. The molecule has 1 aromatic heterocycles. The number of hydrogen-bond donors (Lipinski definition) is 2. The second kappa shape index (κ2) is 5.19. The van der Waals surface area contributed by atoms with E-state index in [1.807, 2.05) is 0 Å². The second-order valence-electron chi connectivity index (χ2n) is 5.10. The molecule has 1 aromatic rings. The first-order chi connectivity index (χ1) is 8.06. The number of thiophene rings is 1. The van der Waals surface area contributed by atoms with Crippen molar-refractivity contribution in [2.75, 3.05) is 6.54 Å². The molecule has 3 nitrogen and oxygen atoms in total. The number of amides is 1. The molecule has 0 saturated carbocycles. The summed E-state index contributed by atoms with van der Waals surface area (Å²) in [6.45, 7) is 7.21. The molecule has 1 amide bonds. The standard InChI is InChI=1S/C13H20N2OS/c1-8(2)6-10-13(16)15-11(7-14-10)12-5-4-9(3)17-12/h4-5,8,10-11,14H,6-7H2,1-3H3,(H,15,16)/t10-,11-/m0/s1. The van der Waals surface area contributed by atoms with Gasteiger partial charge in [-0.25, -0.2) is 0 Å². The molecule has 2 rings (SSSR count). The summed E-state index contributed by atoms with van der Waals surface area (Å²) in [5, 5.41) is 6.46. The van der Waals surface area contributed by atoms with Gasteiger partial charge in [0.15, 0.2) is 0 Å². The van der Waals surface area contributed by atoms with E-state index in [4.69, 9.17) is 0 Å². The number of carbonyl (C=O) groups excluding carboxylic acids is 1. The van der Waals surface area contributed by atoms with Crippen LogP contribution in [0.3, 0.4) is 0 Å². The first-order valence-electron chi connectivity index (χ1n) is 6.16. The lowest BCUT2D eigenvalue weighted by molar-refractivity contribution is -0.125. The molecule has 0 aromatic carbocycles. The third kappa shape index (κ3) is 3.07. The molecule has 1 saturated heterocycles. The molecule has 4 heteroatoms. The third-order valence-corrected chi connectivity index (χ3v) is 4.13. The summed E-state index contributed by atoms with van der Waals surface area (Å²) in [5.41, 5.74) is 0. The van der Waals surface area contributed by atoms with E-state index in [0.717, 1.165) is 13.0 Å². The molecule has 17 heavy (non-hydrogen) atoms. The van der Waals surface area contributed by atoms with Crippen LogP contribution in [-0.2, 0) is 4.79 Å². The molecule has 0 bridgehead atoms. The Hall–Kier alpha value is -0.870. The molecule has 2 N–H and O–H groups in total. The summed E-state index contributed by atoms with van der Waals surface area (Å²) >= 11 is 1.76. The second-order valence-corrected chi connectivity index (χ2v) is 6.42. The van der Waals surface area contributed by atoms with Crippen LogP contribution in [-0.4, -0.2) is 18.5 Å². The maximum absolute atomic E-state index is 12.0. The van der Waals surface area contributed by atoms with Crippen molar-refractivity contribution in [3.8, 4) is 0 Å². The lowest BCUT2D eigenvalue weighted by atomic mass is 10.00. The molecule has 2 heterocycles. The Bertz CT molecular complexity index is 400. The quantitative estimate of drug-likeness (QED) is 0.866. The Balaban J connectivity index is 1.97. The minimum Gasteiger partial charge on any atom is -0.346 e. The Morgan fingerprint density at radius 2 is 2.24 bits per heavy atom. The molecule has 1 aliphatic heterocycles. The number of aryl methyl sites for hydroxylation is 1. The normalized spacial score (nSPS) is 25.1. The summed E-state index contributed by atoms with van der Waals surface area (Å²) in [5.74, 6) is 0.680. The van der Waals surface area contributed by atoms with E-state index in [9.17, 15) is 4.79 Å². The highest BCUT2D eigenvalue weighted by atomic mass is 32.1. The van der Waals surface area contributed by atoms with Crippen LogP contribution in [0.5, 0.6) is 0 Å². The van der Waals surface area contributed by atoms with Crippen molar-refractivity contribution in [3.63, 3.8) is 0 Å². The molecule has 94 valence electrons. The van der Waals surface area contributed by atoms with Crippen molar-refractivity contribution in [2.24, 2.45) is 5.92 Å². The van der Waals surface area contributed by atoms with Gasteiger partial charge in [0.25, 0.3) is 0 Å². The van der Waals surface area contributed by atoms with Crippen molar-refractivity contribution in [3.05, 3.63) is 21.9 Å². The number of rotatable bonds is 3. The summed E-state index contributed by atoms with van der Waals surface area (Å²) in [6, 6.07) is 4.33. The Kier molecular flexibility index (Phi) is 3.84. The van der Waals surface area contributed by atoms with Gasteiger partial charge in [-0.2, -0.15) is 0 Å². The Labute approximate surface area is 107 Å². The van der Waals surface area contributed by atoms with Crippen LogP contribution in [0.2, 0.25) is 0 Å². The van der Waals surface area contributed by atoms with Gasteiger partial charge in [-0.3, -0.25) is 4.79 Å². The predicted molar refractivity (Wildman–Crippen MR) is 71.2 cm³/mol. The van der Waals surface area contributed by atoms with E-state index in [1.165, 1.54) is 9.75 Å². The average Bonchev–Trinajstić information content (AvgIpc) is 2.67. The topological polar surface area (TPSA) is 41.1 Å². The first kappa shape index (κ1) is 12.6. The van der Waals surface area contributed by atoms with Gasteiger partial charge in [0, 0.05) is 16.3 Å². The van der Waals surface area contributed by atoms with Crippen LogP contribution in [0.1, 0.15) is 36.1 Å². The molecule has 0 spiro atoms. The fraction of sp³-hybridized carbons (Fsp3) is 0.615. The van der Waals surface area contributed by atoms with E-state index >= 15 is 0 Å². The van der Waals surface area contributed by atoms with Crippen molar-refractivity contribution >= 4 is 17.2 Å². The van der Waals surface area contributed by atoms with Crippen molar-refractivity contribution < 1.29 is 4.79 Å². The molecule has 0 aliphatic carbocycles. The van der Waals surface area contributed by atoms with Crippen LogP contribution in [0.25, 0.3) is 0 Å². The zero-order valence-corrected chi connectivity index (χ0v) is 11.4. The number of hydrogen-bond acceptors (Lipinski definition) is 3. The van der Waals surface area contributed by atoms with Gasteiger partial charge >= 0.3 is 0 Å². The molecular weight excluding hydrogens is 232 g/mol. The predicted octanol–water partition coefficient (Wildman–Crippen LogP) is 2.23. The van der Waals surface area contributed by atoms with Crippen LogP contribution in [0.15, 0.2) is 12.1 Å². The minimum absolute atomic E-state index is 0.0210. The number of piperazine rings is 1. The molecule has 1 fully saturated rings. The van der Waals surface area contributed by atoms with Crippen LogP contribution in [0.4, 0.5) is 0 Å². The van der Waals surface area contributed by atoms with Gasteiger partial charge in [0.2, 0.25) is 5.91 Å². The molecule has 0 unspecified atom stereocenters. The van der Waals surface area contributed by atoms with Crippen molar-refractivity contribution in [1.82, 2.24) is 10.6 Å². The fourth-order valence-corrected chi connectivity index (χ4v) is 3.08. The maximum atomic E-state index is 12.0. The summed E-state index contributed by atoms with van der Waals surface area (Å²) in [4.78, 5) is 14.5. The Morgan fingerprint density at radius 1 is 1.47 bits per heavy atom. The zero-order chi connectivity index (χ0) is 12.4. The van der Waals surface area contributed by atoms with Gasteiger partial charge in [0.1, 0.15) is 0 Å². The van der Waals surface area contributed by atoms with Crippen LogP contribution in [0, 0.1) is 12.8 Å². The summed E-state index contributed by atoms with van der Waals surface area (Å²) < 4.78 is 0. The van der Waals surface area contributed by atoms with E-state index in [1.54, 1.807) is 11.3 Å². The summed E-state index contributed by atoms with van der Waals surface area (Å²) in [7, 11) is 0. The summed E-state index contributed by atoms with van der Waals surface area (Å²) in [6.07, 6.45) is 0.905. The van der Waals surface area contributed by atoms with Crippen molar-refractivity contribution in [1.29, 1.82) is 0 Å². The fourth-order valence-electron chi connectivity index (χ4n) is 2.15. The van der Waals surface area contributed by atoms with Crippen LogP contribution >= 0.6 is 11.3 Å². The molecule has 0 radical (unpaired) electrons. The van der Waals surface area contributed by atoms with Gasteiger partial charge in [-0.05, 0) is 31.4 Å². The highest BCUT2D eigenvalue weighted by Gasteiger charge is 2.28. The van der Waals surface area contributed by atoms with E-state index < -0.39 is 0 Å². The van der Waals surface area contributed by atoms with E-state index in [-0.39, 0.29) is 18.0 Å². The van der Waals surface area contributed by atoms with Gasteiger partial charge in [0.05, 0.1) is 12.1 Å². The maximum Gasteiger partial charge on any atom is 0.237 e. The van der Waals surface area contributed by atoms with Gasteiger partial charge in [-0.15, -0.1) is 11.3 Å². The van der Waals surface area contributed by atoms with E-state index in [2.05, 4.69) is 43.5 Å². The average molecular weight is 252 g/mol. The molecule has 2 atom stereocenters.